The Kier molecular flexibility index (Phi) is 6.12. The second kappa shape index (κ2) is 8.77. The highest BCUT2D eigenvalue weighted by molar-refractivity contribution is 7.15. The van der Waals surface area contributed by atoms with Crippen molar-refractivity contribution in [3.63, 3.8) is 0 Å². The zero-order valence-corrected chi connectivity index (χ0v) is 18.2. The van der Waals surface area contributed by atoms with Crippen LogP contribution in [0.15, 0.2) is 24.4 Å². The minimum atomic E-state index is 0. The molecule has 1 N–H and O–H groups in total. The molecule has 1 aliphatic heterocycles. The first-order chi connectivity index (χ1) is 13.7. The summed E-state index contributed by atoms with van der Waals surface area (Å²) < 4.78 is 0. The molecule has 0 bridgehead atoms. The number of pyridine rings is 2. The van der Waals surface area contributed by atoms with Crippen LogP contribution in [0.2, 0.25) is 0 Å². The van der Waals surface area contributed by atoms with Crippen LogP contribution in [0.4, 0.5) is 16.6 Å². The van der Waals surface area contributed by atoms with Gasteiger partial charge in [-0.25, -0.2) is 4.98 Å². The molecular formula is C20H26ClN7S. The van der Waals surface area contributed by atoms with Crippen molar-refractivity contribution in [2.75, 3.05) is 43.4 Å². The second-order valence-corrected chi connectivity index (χ2v) is 8.78. The zero-order valence-electron chi connectivity index (χ0n) is 16.5. The number of nitrogens with one attached hydrogen (secondary N) is 1. The first-order valence-electron chi connectivity index (χ1n) is 10.1. The minimum Gasteiger partial charge on any atom is -0.368 e. The molecule has 5 rings (SSSR count). The van der Waals surface area contributed by atoms with Gasteiger partial charge < -0.3 is 15.1 Å². The molecule has 154 valence electrons. The van der Waals surface area contributed by atoms with E-state index in [9.17, 15) is 0 Å². The third kappa shape index (κ3) is 4.44. The van der Waals surface area contributed by atoms with Gasteiger partial charge in [-0.2, -0.15) is 0 Å². The number of halogens is 1. The Bertz CT molecular complexity index is 964. The molecule has 2 fully saturated rings. The fourth-order valence-corrected chi connectivity index (χ4v) is 4.95. The molecule has 7 nitrogen and oxygen atoms in total. The maximum atomic E-state index is 4.78. The van der Waals surface area contributed by atoms with E-state index in [1.807, 2.05) is 18.3 Å². The summed E-state index contributed by atoms with van der Waals surface area (Å²) in [7, 11) is 2.17. The predicted molar refractivity (Wildman–Crippen MR) is 121 cm³/mol. The normalized spacial score (nSPS) is 18.2. The maximum absolute atomic E-state index is 4.78. The van der Waals surface area contributed by atoms with Crippen molar-refractivity contribution >= 4 is 51.4 Å². The van der Waals surface area contributed by atoms with E-state index < -0.39 is 0 Å². The van der Waals surface area contributed by atoms with Gasteiger partial charge in [0.25, 0.3) is 0 Å². The van der Waals surface area contributed by atoms with Crippen molar-refractivity contribution < 1.29 is 0 Å². The van der Waals surface area contributed by atoms with Crippen LogP contribution in [0.3, 0.4) is 0 Å². The minimum absolute atomic E-state index is 0. The number of rotatable bonds is 4. The quantitative estimate of drug-likeness (QED) is 0.667. The van der Waals surface area contributed by atoms with E-state index in [4.69, 9.17) is 4.98 Å². The Hall–Kier alpha value is -2.03. The molecule has 1 saturated heterocycles. The van der Waals surface area contributed by atoms with Crippen LogP contribution < -0.4 is 10.2 Å². The van der Waals surface area contributed by atoms with E-state index in [-0.39, 0.29) is 12.4 Å². The van der Waals surface area contributed by atoms with Crippen LogP contribution in [0, 0.1) is 0 Å². The van der Waals surface area contributed by atoms with Crippen LogP contribution >= 0.6 is 23.7 Å². The maximum Gasteiger partial charge on any atom is 0.211 e. The number of likely N-dealkylation sites (N-methyl/N-ethyl adjacent to an activating group) is 1. The van der Waals surface area contributed by atoms with Crippen molar-refractivity contribution in [3.05, 3.63) is 29.4 Å². The highest BCUT2D eigenvalue weighted by Gasteiger charge is 2.21. The zero-order chi connectivity index (χ0) is 18.9. The molecule has 0 amide bonds. The Morgan fingerprint density at radius 3 is 2.62 bits per heavy atom. The summed E-state index contributed by atoms with van der Waals surface area (Å²) in [5.74, 6) is 1.38. The van der Waals surface area contributed by atoms with E-state index in [2.05, 4.69) is 43.4 Å². The van der Waals surface area contributed by atoms with Gasteiger partial charge in [-0.3, -0.25) is 4.98 Å². The van der Waals surface area contributed by atoms with Gasteiger partial charge >= 0.3 is 0 Å². The molecular weight excluding hydrogens is 406 g/mol. The lowest BCUT2D eigenvalue weighted by Crippen LogP contribution is -2.44. The second-order valence-electron chi connectivity index (χ2n) is 7.77. The molecule has 0 aromatic carbocycles. The molecule has 2 aliphatic rings. The monoisotopic (exact) mass is 431 g/mol. The average molecular weight is 432 g/mol. The van der Waals surface area contributed by atoms with E-state index in [0.717, 1.165) is 58.9 Å². The fraction of sp³-hybridized carbons (Fsp3) is 0.500. The highest BCUT2D eigenvalue weighted by Crippen LogP contribution is 2.37. The van der Waals surface area contributed by atoms with Gasteiger partial charge in [-0.1, -0.05) is 24.2 Å². The third-order valence-corrected chi connectivity index (χ3v) is 6.77. The van der Waals surface area contributed by atoms with E-state index in [1.54, 1.807) is 11.3 Å². The Balaban J connectivity index is 0.00000205. The summed E-state index contributed by atoms with van der Waals surface area (Å²) in [6.07, 6.45) is 7.05. The van der Waals surface area contributed by atoms with Crippen LogP contribution in [0.5, 0.6) is 0 Å². The van der Waals surface area contributed by atoms with Gasteiger partial charge in [-0.15, -0.1) is 22.6 Å². The number of aromatic nitrogens is 4. The van der Waals surface area contributed by atoms with Crippen LogP contribution in [0.25, 0.3) is 11.0 Å². The topological polar surface area (TPSA) is 70.1 Å². The number of fused-ring (bicyclic) bond motifs is 1. The first-order valence-corrected chi connectivity index (χ1v) is 10.9. The van der Waals surface area contributed by atoms with Crippen molar-refractivity contribution in [2.24, 2.45) is 0 Å². The highest BCUT2D eigenvalue weighted by atomic mass is 35.5. The van der Waals surface area contributed by atoms with Gasteiger partial charge in [0.05, 0.1) is 22.9 Å². The SMILES string of the molecule is CN1CCN(c2cnc3ccc(Nc4nnc(C5CCCC5)s4)nc3c2)CC1.Cl. The number of anilines is 3. The Labute approximate surface area is 181 Å². The van der Waals surface area contributed by atoms with Gasteiger partial charge in [0, 0.05) is 32.1 Å². The molecule has 3 aromatic rings. The standard InChI is InChI=1S/C20H25N7S.ClH/c1-26-8-10-27(11-9-26)15-12-17-16(21-13-15)6-7-18(22-17)23-20-25-24-19(28-20)14-4-2-3-5-14;/h6-7,12-14H,2-5,8-11H2,1H3,(H,22,23,25);1H. The molecule has 0 radical (unpaired) electrons. The molecule has 4 heterocycles. The summed E-state index contributed by atoms with van der Waals surface area (Å²) in [6.45, 7) is 4.20. The number of piperazine rings is 1. The molecule has 0 spiro atoms. The van der Waals surface area contributed by atoms with Crippen molar-refractivity contribution in [1.82, 2.24) is 25.1 Å². The smallest absolute Gasteiger partial charge is 0.211 e. The molecule has 29 heavy (non-hydrogen) atoms. The Morgan fingerprint density at radius 1 is 1.03 bits per heavy atom. The molecule has 0 unspecified atom stereocenters. The summed E-state index contributed by atoms with van der Waals surface area (Å²) in [5, 5.41) is 14.0. The summed E-state index contributed by atoms with van der Waals surface area (Å²) in [5.41, 5.74) is 2.96. The predicted octanol–water partition coefficient (Wildman–Crippen LogP) is 4.06. The Morgan fingerprint density at radius 2 is 1.83 bits per heavy atom. The largest absolute Gasteiger partial charge is 0.368 e. The molecule has 1 saturated carbocycles. The first kappa shape index (κ1) is 20.3. The molecule has 9 heteroatoms. The van der Waals surface area contributed by atoms with Gasteiger partial charge in [0.2, 0.25) is 5.13 Å². The van der Waals surface area contributed by atoms with E-state index >= 15 is 0 Å². The van der Waals surface area contributed by atoms with Crippen molar-refractivity contribution in [1.29, 1.82) is 0 Å². The number of hydrogen-bond donors (Lipinski definition) is 1. The lowest BCUT2D eigenvalue weighted by atomic mass is 10.1. The van der Waals surface area contributed by atoms with E-state index in [0.29, 0.717) is 5.92 Å². The van der Waals surface area contributed by atoms with Crippen molar-refractivity contribution in [3.8, 4) is 0 Å². The third-order valence-electron chi connectivity index (χ3n) is 5.77. The van der Waals surface area contributed by atoms with Gasteiger partial charge in [-0.05, 0) is 38.1 Å². The van der Waals surface area contributed by atoms with E-state index in [1.165, 1.54) is 25.7 Å². The summed E-state index contributed by atoms with van der Waals surface area (Å²) in [4.78, 5) is 14.1. The molecule has 1 aliphatic carbocycles. The number of hydrogen-bond acceptors (Lipinski definition) is 8. The van der Waals surface area contributed by atoms with Crippen LogP contribution in [0.1, 0.15) is 36.6 Å². The molecule has 0 atom stereocenters. The van der Waals surface area contributed by atoms with Crippen LogP contribution in [-0.4, -0.2) is 58.3 Å². The summed E-state index contributed by atoms with van der Waals surface area (Å²) in [6, 6.07) is 6.11. The number of nitrogens with zero attached hydrogens (tertiary/aromatic N) is 6. The van der Waals surface area contributed by atoms with Crippen molar-refractivity contribution in [2.45, 2.75) is 31.6 Å². The molecule has 3 aromatic heterocycles. The lowest BCUT2D eigenvalue weighted by molar-refractivity contribution is 0.313. The van der Waals surface area contributed by atoms with Crippen LogP contribution in [-0.2, 0) is 0 Å². The van der Waals surface area contributed by atoms with Gasteiger partial charge in [0.1, 0.15) is 10.8 Å². The summed E-state index contributed by atoms with van der Waals surface area (Å²) >= 11 is 1.65. The lowest BCUT2D eigenvalue weighted by Gasteiger charge is -2.33. The average Bonchev–Trinajstić information content (AvgIpc) is 3.40. The van der Waals surface area contributed by atoms with Gasteiger partial charge in [0.15, 0.2) is 0 Å². The fourth-order valence-electron chi connectivity index (χ4n) is 4.04.